The highest BCUT2D eigenvalue weighted by Gasteiger charge is 2.26. The van der Waals surface area contributed by atoms with Crippen molar-refractivity contribution in [2.24, 2.45) is 0 Å². The molecular formula is C29H34N2O5. The van der Waals surface area contributed by atoms with E-state index < -0.39 is 11.7 Å². The molecule has 0 radical (unpaired) electrons. The van der Waals surface area contributed by atoms with Crippen LogP contribution in [0, 0.1) is 27.7 Å². The zero-order chi connectivity index (χ0) is 27.0. The van der Waals surface area contributed by atoms with Crippen LogP contribution >= 0.6 is 0 Å². The van der Waals surface area contributed by atoms with Gasteiger partial charge in [0.05, 0.1) is 25.0 Å². The molecule has 3 rings (SSSR count). The van der Waals surface area contributed by atoms with Crippen LogP contribution in [0.5, 0.6) is 5.75 Å². The number of carbonyl (C=O) groups excluding carboxylic acids is 3. The molecular weight excluding hydrogens is 456 g/mol. The van der Waals surface area contributed by atoms with E-state index in [2.05, 4.69) is 36.2 Å². The van der Waals surface area contributed by atoms with Gasteiger partial charge in [0.25, 0.3) is 0 Å². The summed E-state index contributed by atoms with van der Waals surface area (Å²) in [7, 11) is 1.65. The number of benzene rings is 2. The van der Waals surface area contributed by atoms with Crippen LogP contribution in [0.25, 0.3) is 11.1 Å². The van der Waals surface area contributed by atoms with E-state index in [1.165, 1.54) is 5.56 Å². The quantitative estimate of drug-likeness (QED) is 0.414. The summed E-state index contributed by atoms with van der Waals surface area (Å²) >= 11 is 0. The van der Waals surface area contributed by atoms with Gasteiger partial charge in [0.2, 0.25) is 0 Å². The molecule has 7 nitrogen and oxygen atoms in total. The van der Waals surface area contributed by atoms with Gasteiger partial charge in [0, 0.05) is 17.3 Å². The van der Waals surface area contributed by atoms with Crippen molar-refractivity contribution in [3.05, 3.63) is 76.6 Å². The van der Waals surface area contributed by atoms with Gasteiger partial charge in [-0.05, 0) is 76.8 Å². The number of carbonyl (C=O) groups is 1. The zero-order valence-corrected chi connectivity index (χ0v) is 22.3. The number of aryl methyl sites for hydroxylation is 3. The Bertz CT molecular complexity index is 1260. The minimum Gasteiger partial charge on any atom is -0.496 e. The topological polar surface area (TPSA) is 85.8 Å². The largest absolute Gasteiger partial charge is 0.496 e. The summed E-state index contributed by atoms with van der Waals surface area (Å²) in [6.07, 6.45) is 1.62. The van der Waals surface area contributed by atoms with Gasteiger partial charge >= 0.3 is 12.2 Å². The van der Waals surface area contributed by atoms with Crippen LogP contribution in [0.2, 0.25) is 0 Å². The van der Waals surface area contributed by atoms with E-state index in [0.717, 1.165) is 44.9 Å². The molecule has 1 amide bonds. The third kappa shape index (κ3) is 7.03. The van der Waals surface area contributed by atoms with Crippen molar-refractivity contribution in [2.75, 3.05) is 12.0 Å². The molecule has 36 heavy (non-hydrogen) atoms. The Labute approximate surface area is 213 Å². The highest BCUT2D eigenvalue weighted by atomic mass is 16.6. The maximum atomic E-state index is 13.4. The summed E-state index contributed by atoms with van der Waals surface area (Å²) in [6.45, 7) is 13.9. The van der Waals surface area contributed by atoms with Crippen molar-refractivity contribution in [1.29, 1.82) is 0 Å². The van der Waals surface area contributed by atoms with Gasteiger partial charge in [-0.25, -0.2) is 4.79 Å². The predicted octanol–water partition coefficient (Wildman–Crippen LogP) is 6.35. The first kappa shape index (κ1) is 28.3. The van der Waals surface area contributed by atoms with Crippen molar-refractivity contribution in [2.45, 2.75) is 60.6 Å². The third-order valence-electron chi connectivity index (χ3n) is 5.63. The molecule has 0 unspecified atom stereocenters. The van der Waals surface area contributed by atoms with Crippen molar-refractivity contribution in [3.63, 3.8) is 0 Å². The molecule has 190 valence electrons. The average Bonchev–Trinajstić information content (AvgIpc) is 2.79. The monoisotopic (exact) mass is 490 g/mol. The van der Waals surface area contributed by atoms with Crippen LogP contribution in [0.15, 0.2) is 48.7 Å². The molecule has 1 aromatic heterocycles. The lowest BCUT2D eigenvalue weighted by Gasteiger charge is -2.29. The van der Waals surface area contributed by atoms with Crippen LogP contribution in [0.4, 0.5) is 10.5 Å². The lowest BCUT2D eigenvalue weighted by molar-refractivity contribution is -0.191. The molecule has 0 saturated carbocycles. The number of pyridine rings is 1. The number of hydrogen-bond donors (Lipinski definition) is 0. The highest BCUT2D eigenvalue weighted by molar-refractivity contribution is 5.90. The Balaban J connectivity index is 0.00000145. The second-order valence-corrected chi connectivity index (χ2v) is 9.51. The second-order valence-electron chi connectivity index (χ2n) is 9.51. The van der Waals surface area contributed by atoms with E-state index >= 15 is 0 Å². The fourth-order valence-corrected chi connectivity index (χ4v) is 3.91. The van der Waals surface area contributed by atoms with Crippen LogP contribution < -0.4 is 9.64 Å². The molecule has 0 aliphatic heterocycles. The van der Waals surface area contributed by atoms with Crippen molar-refractivity contribution >= 4 is 17.9 Å². The lowest BCUT2D eigenvalue weighted by atomic mass is 9.98. The second kappa shape index (κ2) is 12.1. The molecule has 0 bridgehead atoms. The molecule has 0 fully saturated rings. The van der Waals surface area contributed by atoms with Crippen LogP contribution in [0.3, 0.4) is 0 Å². The van der Waals surface area contributed by atoms with E-state index in [1.54, 1.807) is 18.2 Å². The number of ether oxygens (including phenoxy) is 2. The zero-order valence-electron chi connectivity index (χ0n) is 22.3. The molecule has 7 heteroatoms. The van der Waals surface area contributed by atoms with Crippen LogP contribution in [0.1, 0.15) is 48.7 Å². The summed E-state index contributed by atoms with van der Waals surface area (Å²) in [5.74, 6) is 0.787. The molecule has 2 aromatic carbocycles. The van der Waals surface area contributed by atoms with Crippen LogP contribution in [-0.2, 0) is 20.9 Å². The summed E-state index contributed by atoms with van der Waals surface area (Å²) in [6, 6.07) is 14.4. The number of nitrogens with zero attached hydrogens (tertiary/aromatic N) is 2. The summed E-state index contributed by atoms with van der Waals surface area (Å²) < 4.78 is 11.4. The number of methoxy groups -OCH3 is 1. The van der Waals surface area contributed by atoms with Gasteiger partial charge in [0.15, 0.2) is 0 Å². The summed E-state index contributed by atoms with van der Waals surface area (Å²) in [4.78, 5) is 36.0. The first-order valence-electron chi connectivity index (χ1n) is 11.6. The van der Waals surface area contributed by atoms with Crippen molar-refractivity contribution in [1.82, 2.24) is 4.98 Å². The highest BCUT2D eigenvalue weighted by Crippen LogP contribution is 2.33. The van der Waals surface area contributed by atoms with Gasteiger partial charge in [-0.3, -0.25) is 9.88 Å². The summed E-state index contributed by atoms with van der Waals surface area (Å²) in [5, 5.41) is 0. The Hall–Kier alpha value is -3.96. The standard InChI is InChI=1S/C28H34N2O3.CO2/c1-18-11-9-10-12-23(18)22-14-13-19(2)25(15-22)30(27(31)33-28(5,6)7)17-24-21(4)26(32-8)20(3)16-29-24;2-1-3/h9-16H,17H2,1-8H3;. The lowest BCUT2D eigenvalue weighted by Crippen LogP contribution is -2.37. The summed E-state index contributed by atoms with van der Waals surface area (Å²) in [5.41, 5.74) is 7.16. The Morgan fingerprint density at radius 3 is 2.19 bits per heavy atom. The number of rotatable bonds is 5. The fraction of sp³-hybridized carbons (Fsp3) is 0.345. The molecule has 0 aliphatic carbocycles. The molecule has 0 saturated heterocycles. The third-order valence-corrected chi connectivity index (χ3v) is 5.63. The first-order chi connectivity index (χ1) is 16.9. The van der Waals surface area contributed by atoms with Crippen molar-refractivity contribution in [3.8, 4) is 16.9 Å². The van der Waals surface area contributed by atoms with Crippen LogP contribution in [-0.4, -0.2) is 29.9 Å². The molecule has 0 spiro atoms. The van der Waals surface area contributed by atoms with Gasteiger partial charge in [-0.15, -0.1) is 0 Å². The molecule has 1 heterocycles. The average molecular weight is 491 g/mol. The Morgan fingerprint density at radius 2 is 1.61 bits per heavy atom. The fourth-order valence-electron chi connectivity index (χ4n) is 3.91. The Morgan fingerprint density at radius 1 is 0.972 bits per heavy atom. The number of hydrogen-bond acceptors (Lipinski definition) is 6. The van der Waals surface area contributed by atoms with E-state index in [9.17, 15) is 4.79 Å². The van der Waals surface area contributed by atoms with Crippen molar-refractivity contribution < 1.29 is 23.9 Å². The molecule has 3 aromatic rings. The minimum absolute atomic E-state index is 0.250. The van der Waals surface area contributed by atoms with E-state index in [-0.39, 0.29) is 12.7 Å². The van der Waals surface area contributed by atoms with E-state index in [1.807, 2.05) is 59.7 Å². The van der Waals surface area contributed by atoms with Gasteiger partial charge in [-0.2, -0.15) is 9.59 Å². The van der Waals surface area contributed by atoms with Gasteiger partial charge < -0.3 is 9.47 Å². The normalized spacial score (nSPS) is 10.6. The van der Waals surface area contributed by atoms with E-state index in [4.69, 9.17) is 19.1 Å². The SMILES string of the molecule is COc1c(C)cnc(CN(C(=O)OC(C)(C)C)c2cc(-c3ccccc3C)ccc2C)c1C.O=C=O. The first-order valence-corrected chi connectivity index (χ1v) is 11.6. The van der Waals surface area contributed by atoms with E-state index in [0.29, 0.717) is 0 Å². The van der Waals surface area contributed by atoms with Gasteiger partial charge in [0.1, 0.15) is 11.4 Å². The molecule has 0 aliphatic rings. The minimum atomic E-state index is -0.621. The predicted molar refractivity (Wildman–Crippen MR) is 139 cm³/mol. The molecule has 0 atom stereocenters. The maximum Gasteiger partial charge on any atom is 0.415 e. The number of aromatic nitrogens is 1. The maximum absolute atomic E-state index is 13.4. The smallest absolute Gasteiger partial charge is 0.415 e. The number of anilines is 1. The molecule has 0 N–H and O–H groups in total. The van der Waals surface area contributed by atoms with Gasteiger partial charge in [-0.1, -0.05) is 36.4 Å². The Kier molecular flexibility index (Phi) is 9.53. The number of amides is 1.